The molecular weight excluding hydrogens is 404 g/mol. The number of amides is 2. The Balaban J connectivity index is 2.23. The molecule has 2 unspecified atom stereocenters. The number of primary amides is 1. The molecule has 7 heteroatoms. The van der Waals surface area contributed by atoms with Crippen LogP contribution >= 0.6 is 11.6 Å². The van der Waals surface area contributed by atoms with Crippen LogP contribution in [0.5, 0.6) is 5.75 Å². The standard InChI is InChI=1S/C23H27ClN2O4/c1-23(2,3)13-26-17-10-9-14(24)11-16(17)21(15-7-5-6-8-18(15)29-4)30-19(22(26)28)12-20(25)27/h5-11,19,21H,12-13H2,1-4H3,(H2,25,27). The molecule has 2 aromatic rings. The summed E-state index contributed by atoms with van der Waals surface area (Å²) in [5.41, 5.74) is 7.43. The van der Waals surface area contributed by atoms with Crippen molar-refractivity contribution in [2.45, 2.75) is 39.4 Å². The lowest BCUT2D eigenvalue weighted by Crippen LogP contribution is -2.44. The Morgan fingerprint density at radius 2 is 1.90 bits per heavy atom. The molecule has 1 heterocycles. The molecule has 3 rings (SSSR count). The number of fused-ring (bicyclic) bond motifs is 1. The average molecular weight is 431 g/mol. The van der Waals surface area contributed by atoms with E-state index in [4.69, 9.17) is 26.8 Å². The number of halogens is 1. The van der Waals surface area contributed by atoms with Gasteiger partial charge < -0.3 is 20.1 Å². The van der Waals surface area contributed by atoms with Crippen molar-refractivity contribution in [1.29, 1.82) is 0 Å². The summed E-state index contributed by atoms with van der Waals surface area (Å²) >= 11 is 6.33. The second kappa shape index (κ2) is 8.66. The van der Waals surface area contributed by atoms with Crippen molar-refractivity contribution in [3.63, 3.8) is 0 Å². The second-order valence-electron chi connectivity index (χ2n) is 8.61. The molecule has 0 spiro atoms. The van der Waals surface area contributed by atoms with Crippen LogP contribution in [0.4, 0.5) is 5.69 Å². The molecule has 2 atom stereocenters. The van der Waals surface area contributed by atoms with Gasteiger partial charge in [-0.15, -0.1) is 0 Å². The van der Waals surface area contributed by atoms with Crippen molar-refractivity contribution in [2.24, 2.45) is 11.1 Å². The monoisotopic (exact) mass is 430 g/mol. The van der Waals surface area contributed by atoms with E-state index in [1.165, 1.54) is 0 Å². The maximum absolute atomic E-state index is 13.5. The number of nitrogens with zero attached hydrogens (tertiary/aromatic N) is 1. The lowest BCUT2D eigenvalue weighted by molar-refractivity contribution is -0.137. The Morgan fingerprint density at radius 3 is 2.53 bits per heavy atom. The Kier molecular flexibility index (Phi) is 6.38. The van der Waals surface area contributed by atoms with Gasteiger partial charge in [0.1, 0.15) is 18.0 Å². The zero-order valence-electron chi connectivity index (χ0n) is 17.6. The maximum atomic E-state index is 13.5. The Labute approximate surface area is 181 Å². The SMILES string of the molecule is COc1ccccc1C1OC(CC(N)=O)C(=O)N(CC(C)(C)C)c2ccc(Cl)cc21. The number of para-hydroxylation sites is 1. The maximum Gasteiger partial charge on any atom is 0.256 e. The smallest absolute Gasteiger partial charge is 0.256 e. The van der Waals surface area contributed by atoms with Crippen molar-refractivity contribution < 1.29 is 19.1 Å². The van der Waals surface area contributed by atoms with Gasteiger partial charge in [0, 0.05) is 28.4 Å². The number of rotatable bonds is 5. The van der Waals surface area contributed by atoms with Crippen LogP contribution in [0, 0.1) is 5.41 Å². The highest BCUT2D eigenvalue weighted by molar-refractivity contribution is 6.30. The van der Waals surface area contributed by atoms with Crippen LogP contribution in [0.1, 0.15) is 44.4 Å². The third kappa shape index (κ3) is 4.77. The summed E-state index contributed by atoms with van der Waals surface area (Å²) in [7, 11) is 1.58. The van der Waals surface area contributed by atoms with Gasteiger partial charge in [-0.25, -0.2) is 0 Å². The summed E-state index contributed by atoms with van der Waals surface area (Å²) in [5, 5.41) is 0.522. The van der Waals surface area contributed by atoms with Crippen LogP contribution in [0.2, 0.25) is 5.02 Å². The molecule has 0 saturated carbocycles. The van der Waals surface area contributed by atoms with Gasteiger partial charge >= 0.3 is 0 Å². The quantitative estimate of drug-likeness (QED) is 0.774. The van der Waals surface area contributed by atoms with E-state index in [-0.39, 0.29) is 17.7 Å². The summed E-state index contributed by atoms with van der Waals surface area (Å²) < 4.78 is 11.8. The van der Waals surface area contributed by atoms with Crippen LogP contribution in [0.3, 0.4) is 0 Å². The van der Waals surface area contributed by atoms with Crippen molar-refractivity contribution in [1.82, 2.24) is 0 Å². The summed E-state index contributed by atoms with van der Waals surface area (Å²) in [4.78, 5) is 26.9. The van der Waals surface area contributed by atoms with E-state index in [1.807, 2.05) is 51.1 Å². The second-order valence-corrected chi connectivity index (χ2v) is 9.04. The van der Waals surface area contributed by atoms with Crippen LogP contribution < -0.4 is 15.4 Å². The molecule has 0 aliphatic carbocycles. The topological polar surface area (TPSA) is 81.9 Å². The number of nitrogens with two attached hydrogens (primary N) is 1. The molecule has 0 radical (unpaired) electrons. The van der Waals surface area contributed by atoms with Crippen LogP contribution in [0.15, 0.2) is 42.5 Å². The first-order valence-corrected chi connectivity index (χ1v) is 10.2. The van der Waals surface area contributed by atoms with E-state index in [2.05, 4.69) is 0 Å². The Morgan fingerprint density at radius 1 is 1.20 bits per heavy atom. The minimum absolute atomic E-state index is 0.186. The van der Waals surface area contributed by atoms with Crippen LogP contribution in [-0.2, 0) is 14.3 Å². The average Bonchev–Trinajstić information content (AvgIpc) is 2.77. The summed E-state index contributed by atoms with van der Waals surface area (Å²) in [6, 6.07) is 12.8. The van der Waals surface area contributed by atoms with Gasteiger partial charge in [-0.05, 0) is 29.7 Å². The van der Waals surface area contributed by atoms with Gasteiger partial charge in [-0.3, -0.25) is 9.59 Å². The molecule has 160 valence electrons. The summed E-state index contributed by atoms with van der Waals surface area (Å²) in [6.07, 6.45) is -1.90. The van der Waals surface area contributed by atoms with E-state index >= 15 is 0 Å². The van der Waals surface area contributed by atoms with Gasteiger partial charge in [0.05, 0.1) is 13.5 Å². The number of benzene rings is 2. The van der Waals surface area contributed by atoms with Crippen molar-refractivity contribution in [3.8, 4) is 5.75 Å². The first kappa shape index (κ1) is 22.1. The minimum atomic E-state index is -1.02. The minimum Gasteiger partial charge on any atom is -0.496 e. The Hall–Kier alpha value is -2.57. The zero-order valence-corrected chi connectivity index (χ0v) is 18.4. The van der Waals surface area contributed by atoms with Gasteiger partial charge in [-0.2, -0.15) is 0 Å². The molecule has 2 aromatic carbocycles. The lowest BCUT2D eigenvalue weighted by Gasteiger charge is -2.31. The molecule has 0 aromatic heterocycles. The number of carbonyl (C=O) groups excluding carboxylic acids is 2. The van der Waals surface area contributed by atoms with Gasteiger partial charge in [0.2, 0.25) is 5.91 Å². The molecule has 2 amide bonds. The number of carbonyl (C=O) groups is 2. The van der Waals surface area contributed by atoms with E-state index < -0.39 is 18.1 Å². The highest BCUT2D eigenvalue weighted by atomic mass is 35.5. The number of ether oxygens (including phenoxy) is 2. The first-order chi connectivity index (χ1) is 14.1. The van der Waals surface area contributed by atoms with Gasteiger partial charge in [0.15, 0.2) is 0 Å². The van der Waals surface area contributed by atoms with Crippen molar-refractivity contribution in [2.75, 3.05) is 18.6 Å². The fourth-order valence-corrected chi connectivity index (χ4v) is 3.83. The van der Waals surface area contributed by atoms with Crippen molar-refractivity contribution >= 4 is 29.1 Å². The Bertz CT molecular complexity index is 954. The van der Waals surface area contributed by atoms with Gasteiger partial charge in [-0.1, -0.05) is 50.6 Å². The summed E-state index contributed by atoms with van der Waals surface area (Å²) in [5.74, 6) is -0.292. The van der Waals surface area contributed by atoms with Crippen LogP contribution in [0.25, 0.3) is 0 Å². The number of hydrogen-bond acceptors (Lipinski definition) is 4. The molecule has 6 nitrogen and oxygen atoms in total. The molecule has 1 aliphatic heterocycles. The lowest BCUT2D eigenvalue weighted by atomic mass is 9.94. The van der Waals surface area contributed by atoms with Crippen LogP contribution in [-0.4, -0.2) is 31.6 Å². The molecule has 2 N–H and O–H groups in total. The number of hydrogen-bond donors (Lipinski definition) is 1. The molecule has 30 heavy (non-hydrogen) atoms. The van der Waals surface area contributed by atoms with E-state index in [0.29, 0.717) is 23.0 Å². The number of methoxy groups -OCH3 is 1. The van der Waals surface area contributed by atoms with Crippen molar-refractivity contribution in [3.05, 3.63) is 58.6 Å². The normalized spacial score (nSPS) is 19.2. The number of anilines is 1. The van der Waals surface area contributed by atoms with E-state index in [1.54, 1.807) is 24.1 Å². The zero-order chi connectivity index (χ0) is 22.1. The molecule has 0 fully saturated rings. The fraction of sp³-hybridized carbons (Fsp3) is 0.391. The molecular formula is C23H27ClN2O4. The first-order valence-electron chi connectivity index (χ1n) is 9.78. The largest absolute Gasteiger partial charge is 0.496 e. The van der Waals surface area contributed by atoms with E-state index in [9.17, 15) is 9.59 Å². The summed E-state index contributed by atoms with van der Waals surface area (Å²) in [6.45, 7) is 6.57. The molecule has 0 bridgehead atoms. The molecule has 0 saturated heterocycles. The predicted molar refractivity (Wildman–Crippen MR) is 117 cm³/mol. The molecule has 1 aliphatic rings. The third-order valence-corrected chi connectivity index (χ3v) is 5.08. The van der Waals surface area contributed by atoms with Gasteiger partial charge in [0.25, 0.3) is 5.91 Å². The third-order valence-electron chi connectivity index (χ3n) is 4.85. The van der Waals surface area contributed by atoms with E-state index in [0.717, 1.165) is 11.1 Å². The fourth-order valence-electron chi connectivity index (χ4n) is 3.65. The predicted octanol–water partition coefficient (Wildman–Crippen LogP) is 4.09. The highest BCUT2D eigenvalue weighted by Crippen LogP contribution is 2.43. The highest BCUT2D eigenvalue weighted by Gasteiger charge is 2.39.